The Bertz CT molecular complexity index is 1310. The van der Waals surface area contributed by atoms with Gasteiger partial charge in [0.05, 0.1) is 0 Å². The number of rotatable bonds is 4. The molecule has 3 aliphatic carbocycles. The van der Waals surface area contributed by atoms with Crippen molar-refractivity contribution in [2.24, 2.45) is 5.41 Å². The van der Waals surface area contributed by atoms with Gasteiger partial charge in [-0.05, 0) is 47.6 Å². The maximum Gasteiger partial charge on any atom is 0.164 e. The summed E-state index contributed by atoms with van der Waals surface area (Å²) in [5, 5.41) is 0. The van der Waals surface area contributed by atoms with E-state index >= 15 is 0 Å². The summed E-state index contributed by atoms with van der Waals surface area (Å²) in [6.45, 7) is 14.3. The van der Waals surface area contributed by atoms with E-state index in [0.29, 0.717) is 11.8 Å². The summed E-state index contributed by atoms with van der Waals surface area (Å²) in [7, 11) is 0. The maximum atomic E-state index is 5.09. The molecule has 3 aliphatic rings. The number of hydrogen-bond donors (Lipinski definition) is 0. The molecule has 1 aromatic carbocycles. The number of fused-ring (bicyclic) bond motifs is 1. The normalized spacial score (nSPS) is 21.9. The van der Waals surface area contributed by atoms with E-state index in [4.69, 9.17) is 19.9 Å². The molecule has 0 bridgehead atoms. The van der Waals surface area contributed by atoms with Crippen molar-refractivity contribution >= 4 is 0 Å². The first-order chi connectivity index (χ1) is 18.6. The molecular formula is C35H45IrN4-. The Hall–Kier alpha value is -1.97. The smallest absolute Gasteiger partial charge is 0.164 e. The van der Waals surface area contributed by atoms with Crippen molar-refractivity contribution in [3.8, 4) is 22.6 Å². The fourth-order valence-electron chi connectivity index (χ4n) is 7.44. The number of hydrogen-bond acceptors (Lipinski definition) is 4. The standard InChI is InChI=1S/C35H45N4.Ir/c1-33(2)27-19-17-25(21-28(27)34(3,4)35(33,5)6)29-20-18-26(22-36-29)32-38-30(23-13-9-7-10-14-23)37-31(39-32)24-15-11-8-12-16-24;/h18-24H,7-16H2,1-6H3;/q-1;. The van der Waals surface area contributed by atoms with E-state index in [-0.39, 0.29) is 36.4 Å². The first-order valence-corrected chi connectivity index (χ1v) is 15.4. The van der Waals surface area contributed by atoms with E-state index in [1.165, 1.54) is 75.3 Å². The van der Waals surface area contributed by atoms with Gasteiger partial charge in [0, 0.05) is 43.7 Å². The summed E-state index contributed by atoms with van der Waals surface area (Å²) in [6.07, 6.45) is 14.5. The molecule has 4 nitrogen and oxygen atoms in total. The number of pyridine rings is 1. The zero-order chi connectivity index (χ0) is 27.4. The van der Waals surface area contributed by atoms with Gasteiger partial charge in [-0.3, -0.25) is 0 Å². The van der Waals surface area contributed by atoms with Gasteiger partial charge in [-0.2, -0.15) is 0 Å². The molecule has 2 heterocycles. The van der Waals surface area contributed by atoms with Gasteiger partial charge >= 0.3 is 0 Å². The molecule has 0 N–H and O–H groups in total. The number of benzene rings is 1. The van der Waals surface area contributed by atoms with Gasteiger partial charge < -0.3 is 4.98 Å². The van der Waals surface area contributed by atoms with E-state index in [2.05, 4.69) is 71.9 Å². The average molecular weight is 714 g/mol. The molecular weight excluding hydrogens is 669 g/mol. The average Bonchev–Trinajstić information content (AvgIpc) is 3.07. The van der Waals surface area contributed by atoms with Crippen LogP contribution in [-0.4, -0.2) is 19.9 Å². The molecule has 0 aliphatic heterocycles. The SMILES string of the molecule is CC1(C)c2c[c-]c(-c3ccc(-c4nc(C5CCCCC5)nc(C5CCCCC5)n4)cn3)cc2C(C)(C)C1(C)C.[Ir]. The Morgan fingerprint density at radius 1 is 0.700 bits per heavy atom. The minimum Gasteiger partial charge on any atom is -0.304 e. The van der Waals surface area contributed by atoms with Crippen LogP contribution in [0, 0.1) is 11.5 Å². The Balaban J connectivity index is 0.00000323. The summed E-state index contributed by atoms with van der Waals surface area (Å²) in [6, 6.07) is 12.4. The van der Waals surface area contributed by atoms with Crippen LogP contribution < -0.4 is 0 Å². The molecule has 2 fully saturated rings. The van der Waals surface area contributed by atoms with E-state index < -0.39 is 0 Å². The second-order valence-corrected chi connectivity index (χ2v) is 14.0. The molecule has 5 heteroatoms. The van der Waals surface area contributed by atoms with E-state index in [0.717, 1.165) is 34.3 Å². The third-order valence-corrected chi connectivity index (χ3v) is 11.3. The van der Waals surface area contributed by atoms with Crippen LogP contribution in [0.1, 0.15) is 140 Å². The molecule has 2 aromatic heterocycles. The molecule has 0 saturated heterocycles. The zero-order valence-electron chi connectivity index (χ0n) is 25.2. The topological polar surface area (TPSA) is 51.6 Å². The van der Waals surface area contributed by atoms with Crippen molar-refractivity contribution in [2.75, 3.05) is 0 Å². The van der Waals surface area contributed by atoms with Crippen LogP contribution in [0.25, 0.3) is 22.6 Å². The minimum atomic E-state index is 0. The second-order valence-electron chi connectivity index (χ2n) is 14.0. The second kappa shape index (κ2) is 11.0. The van der Waals surface area contributed by atoms with Gasteiger partial charge in [-0.1, -0.05) is 92.2 Å². The predicted octanol–water partition coefficient (Wildman–Crippen LogP) is 9.09. The molecule has 2 saturated carbocycles. The van der Waals surface area contributed by atoms with Crippen LogP contribution in [0.2, 0.25) is 0 Å². The Morgan fingerprint density at radius 3 is 1.77 bits per heavy atom. The summed E-state index contributed by atoms with van der Waals surface area (Å²) < 4.78 is 0. The van der Waals surface area contributed by atoms with Gasteiger partial charge in [-0.25, -0.2) is 15.0 Å². The molecule has 0 unspecified atom stereocenters. The van der Waals surface area contributed by atoms with Gasteiger partial charge in [0.1, 0.15) is 11.6 Å². The van der Waals surface area contributed by atoms with E-state index in [9.17, 15) is 0 Å². The molecule has 215 valence electrons. The summed E-state index contributed by atoms with van der Waals surface area (Å²) >= 11 is 0. The van der Waals surface area contributed by atoms with Crippen LogP contribution >= 0.6 is 0 Å². The molecule has 1 radical (unpaired) electrons. The molecule has 6 rings (SSSR count). The molecule has 0 atom stereocenters. The summed E-state index contributed by atoms with van der Waals surface area (Å²) in [5.41, 5.74) is 6.11. The van der Waals surface area contributed by atoms with Crippen molar-refractivity contribution in [3.63, 3.8) is 0 Å². The molecule has 3 aromatic rings. The molecule has 0 spiro atoms. The fraction of sp³-hybridized carbons (Fsp3) is 0.600. The minimum absolute atomic E-state index is 0. The monoisotopic (exact) mass is 714 g/mol. The van der Waals surface area contributed by atoms with E-state index in [1.807, 2.05) is 6.20 Å². The van der Waals surface area contributed by atoms with Crippen LogP contribution in [0.3, 0.4) is 0 Å². The molecule has 40 heavy (non-hydrogen) atoms. The van der Waals surface area contributed by atoms with Crippen LogP contribution in [0.4, 0.5) is 0 Å². The van der Waals surface area contributed by atoms with Gasteiger partial charge in [-0.15, -0.1) is 34.9 Å². The van der Waals surface area contributed by atoms with Crippen LogP contribution in [0.15, 0.2) is 30.5 Å². The number of nitrogens with zero attached hydrogens (tertiary/aromatic N) is 4. The van der Waals surface area contributed by atoms with Crippen molar-refractivity contribution < 1.29 is 20.1 Å². The van der Waals surface area contributed by atoms with Crippen molar-refractivity contribution in [1.29, 1.82) is 0 Å². The zero-order valence-corrected chi connectivity index (χ0v) is 27.6. The van der Waals surface area contributed by atoms with Crippen LogP contribution in [0.5, 0.6) is 0 Å². The van der Waals surface area contributed by atoms with Gasteiger partial charge in [0.2, 0.25) is 0 Å². The summed E-state index contributed by atoms with van der Waals surface area (Å²) in [4.78, 5) is 20.1. The van der Waals surface area contributed by atoms with Crippen molar-refractivity contribution in [1.82, 2.24) is 19.9 Å². The van der Waals surface area contributed by atoms with Gasteiger partial charge in [0.25, 0.3) is 0 Å². The first-order valence-electron chi connectivity index (χ1n) is 15.4. The number of aromatic nitrogens is 4. The predicted molar refractivity (Wildman–Crippen MR) is 159 cm³/mol. The quantitative estimate of drug-likeness (QED) is 0.253. The summed E-state index contributed by atoms with van der Waals surface area (Å²) in [5.74, 6) is 3.76. The maximum absolute atomic E-state index is 5.09. The molecule has 0 amide bonds. The Morgan fingerprint density at radius 2 is 1.25 bits per heavy atom. The van der Waals surface area contributed by atoms with Gasteiger partial charge in [0.15, 0.2) is 5.82 Å². The van der Waals surface area contributed by atoms with Crippen molar-refractivity contribution in [3.05, 3.63) is 59.3 Å². The largest absolute Gasteiger partial charge is 0.304 e. The van der Waals surface area contributed by atoms with E-state index in [1.54, 1.807) is 0 Å². The third kappa shape index (κ3) is 4.90. The Labute approximate surface area is 255 Å². The third-order valence-electron chi connectivity index (χ3n) is 11.3. The first kappa shape index (κ1) is 29.5. The Kier molecular flexibility index (Phi) is 8.14. The van der Waals surface area contributed by atoms with Crippen molar-refractivity contribution in [2.45, 2.75) is 128 Å². The fourth-order valence-corrected chi connectivity index (χ4v) is 7.44. The van der Waals surface area contributed by atoms with Crippen LogP contribution in [-0.2, 0) is 30.9 Å².